The zero-order valence-electron chi connectivity index (χ0n) is 15.6. The topological polar surface area (TPSA) is 101 Å². The predicted molar refractivity (Wildman–Crippen MR) is 105 cm³/mol. The number of ether oxygens (including phenoxy) is 1. The fourth-order valence-corrected chi connectivity index (χ4v) is 3.63. The van der Waals surface area contributed by atoms with Gasteiger partial charge in [0.05, 0.1) is 23.7 Å². The van der Waals surface area contributed by atoms with Gasteiger partial charge in [0.15, 0.2) is 5.76 Å². The molecular formula is C20H22N2O5S. The Labute approximate surface area is 163 Å². The lowest BCUT2D eigenvalue weighted by atomic mass is 10.1. The van der Waals surface area contributed by atoms with Crippen LogP contribution in [0.4, 0.5) is 0 Å². The van der Waals surface area contributed by atoms with Crippen LogP contribution in [-0.2, 0) is 27.9 Å². The molecule has 28 heavy (non-hydrogen) atoms. The molecule has 0 unspecified atom stereocenters. The molecule has 2 aromatic carbocycles. The first kappa shape index (κ1) is 20.1. The van der Waals surface area contributed by atoms with Crippen LogP contribution in [0.3, 0.4) is 0 Å². The van der Waals surface area contributed by atoms with E-state index in [1.54, 1.807) is 42.5 Å². The lowest BCUT2D eigenvalue weighted by Crippen LogP contribution is -2.23. The van der Waals surface area contributed by atoms with E-state index in [1.165, 1.54) is 6.07 Å². The van der Waals surface area contributed by atoms with E-state index in [1.807, 2.05) is 19.9 Å². The van der Waals surface area contributed by atoms with Gasteiger partial charge < -0.3 is 9.26 Å². The second kappa shape index (κ2) is 8.55. The average Bonchev–Trinajstić information content (AvgIpc) is 3.12. The molecule has 2 N–H and O–H groups in total. The molecule has 0 atom stereocenters. The molecule has 0 spiro atoms. The van der Waals surface area contributed by atoms with Crippen molar-refractivity contribution in [2.75, 3.05) is 0 Å². The van der Waals surface area contributed by atoms with Gasteiger partial charge in [-0.25, -0.2) is 13.1 Å². The van der Waals surface area contributed by atoms with E-state index in [-0.39, 0.29) is 23.1 Å². The van der Waals surface area contributed by atoms with Crippen LogP contribution < -0.4 is 10.3 Å². The quantitative estimate of drug-likeness (QED) is 0.603. The summed E-state index contributed by atoms with van der Waals surface area (Å²) in [6.45, 7) is 4.36. The summed E-state index contributed by atoms with van der Waals surface area (Å²) in [7, 11) is -3.65. The normalized spacial score (nSPS) is 11.8. The Hall–Kier alpha value is -2.68. The van der Waals surface area contributed by atoms with Gasteiger partial charge >= 0.3 is 0 Å². The fraction of sp³-hybridized carbons (Fsp3) is 0.250. The Morgan fingerprint density at radius 1 is 1.07 bits per heavy atom. The van der Waals surface area contributed by atoms with Gasteiger partial charge in [0, 0.05) is 12.1 Å². The van der Waals surface area contributed by atoms with Crippen molar-refractivity contribution in [2.24, 2.45) is 0 Å². The van der Waals surface area contributed by atoms with Gasteiger partial charge in [0.1, 0.15) is 0 Å². The van der Waals surface area contributed by atoms with Gasteiger partial charge in [0.2, 0.25) is 10.0 Å². The van der Waals surface area contributed by atoms with Gasteiger partial charge in [-0.05, 0) is 37.1 Å². The Morgan fingerprint density at radius 2 is 1.82 bits per heavy atom. The monoisotopic (exact) mass is 402 g/mol. The van der Waals surface area contributed by atoms with Crippen LogP contribution >= 0.6 is 0 Å². The fourth-order valence-electron chi connectivity index (χ4n) is 2.54. The summed E-state index contributed by atoms with van der Waals surface area (Å²) in [4.78, 5) is 11.3. The number of benzene rings is 2. The molecule has 8 heteroatoms. The van der Waals surface area contributed by atoms with E-state index in [0.717, 1.165) is 16.7 Å². The number of rotatable bonds is 8. The molecular weight excluding hydrogens is 380 g/mol. The third-order valence-corrected chi connectivity index (χ3v) is 5.42. The lowest BCUT2D eigenvalue weighted by Gasteiger charge is -2.10. The van der Waals surface area contributed by atoms with Gasteiger partial charge in [-0.3, -0.25) is 4.79 Å². The third-order valence-electron chi connectivity index (χ3n) is 4.02. The molecule has 0 saturated heterocycles. The molecule has 1 heterocycles. The van der Waals surface area contributed by atoms with Crippen LogP contribution in [0.25, 0.3) is 11.3 Å². The Kier molecular flexibility index (Phi) is 6.13. The smallest absolute Gasteiger partial charge is 0.280 e. The van der Waals surface area contributed by atoms with Crippen molar-refractivity contribution < 1.29 is 17.7 Å². The molecule has 148 valence electrons. The van der Waals surface area contributed by atoms with Crippen molar-refractivity contribution in [3.05, 3.63) is 76.1 Å². The Bertz CT molecular complexity index is 1080. The van der Waals surface area contributed by atoms with Crippen LogP contribution in [-0.4, -0.2) is 19.7 Å². The van der Waals surface area contributed by atoms with Gasteiger partial charge in [0.25, 0.3) is 5.56 Å². The van der Waals surface area contributed by atoms with Crippen molar-refractivity contribution in [1.29, 1.82) is 0 Å². The molecule has 0 aliphatic heterocycles. The summed E-state index contributed by atoms with van der Waals surface area (Å²) < 4.78 is 38.3. The van der Waals surface area contributed by atoms with Crippen LogP contribution in [0.1, 0.15) is 25.0 Å². The predicted octanol–water partition coefficient (Wildman–Crippen LogP) is 3.04. The Morgan fingerprint density at radius 3 is 2.46 bits per heavy atom. The van der Waals surface area contributed by atoms with Crippen molar-refractivity contribution in [3.63, 3.8) is 0 Å². The summed E-state index contributed by atoms with van der Waals surface area (Å²) in [6, 6.07) is 15.1. The van der Waals surface area contributed by atoms with Crippen LogP contribution in [0.2, 0.25) is 0 Å². The third kappa shape index (κ3) is 5.19. The highest BCUT2D eigenvalue weighted by Crippen LogP contribution is 2.18. The van der Waals surface area contributed by atoms with Crippen molar-refractivity contribution in [1.82, 2.24) is 9.88 Å². The highest BCUT2D eigenvalue weighted by molar-refractivity contribution is 7.89. The van der Waals surface area contributed by atoms with Gasteiger partial charge in [-0.2, -0.15) is 5.16 Å². The molecule has 0 saturated carbocycles. The number of sulfonamides is 1. The maximum absolute atomic E-state index is 12.6. The SMILES string of the molecule is CC(C)OCc1cccc(S(=O)(=O)NCc2ccc(-c3cc(=O)[nH]o3)cc2)c1. The summed E-state index contributed by atoms with van der Waals surface area (Å²) in [5, 5.41) is 2.23. The second-order valence-corrected chi connectivity index (χ2v) is 8.37. The Balaban J connectivity index is 1.66. The standard InChI is InChI=1S/C20H22N2O5S/c1-14(2)26-13-16-4-3-5-18(10-16)28(24,25)21-12-15-6-8-17(9-7-15)19-11-20(23)22-27-19/h3-11,14,21H,12-13H2,1-2H3,(H,22,23). The van der Waals surface area contributed by atoms with E-state index >= 15 is 0 Å². The first-order valence-corrected chi connectivity index (χ1v) is 10.3. The zero-order chi connectivity index (χ0) is 20.1. The van der Waals surface area contributed by atoms with Crippen molar-refractivity contribution in [3.8, 4) is 11.3 Å². The number of hydrogen-bond acceptors (Lipinski definition) is 5. The molecule has 3 rings (SSSR count). The summed E-state index contributed by atoms with van der Waals surface area (Å²) in [6.07, 6.45) is 0.0701. The van der Waals surface area contributed by atoms with Gasteiger partial charge in [-0.1, -0.05) is 36.4 Å². The minimum absolute atomic E-state index is 0.0701. The summed E-state index contributed by atoms with van der Waals surface area (Å²) in [5.74, 6) is 0.428. The second-order valence-electron chi connectivity index (χ2n) is 6.61. The number of aromatic nitrogens is 1. The minimum Gasteiger partial charge on any atom is -0.378 e. The molecule has 7 nitrogen and oxygen atoms in total. The molecule has 0 amide bonds. The largest absolute Gasteiger partial charge is 0.378 e. The van der Waals surface area contributed by atoms with Gasteiger partial charge in [-0.15, -0.1) is 0 Å². The maximum atomic E-state index is 12.6. The molecule has 0 bridgehead atoms. The average molecular weight is 402 g/mol. The number of nitrogens with one attached hydrogen (secondary N) is 2. The maximum Gasteiger partial charge on any atom is 0.280 e. The van der Waals surface area contributed by atoms with Crippen LogP contribution in [0.15, 0.2) is 68.8 Å². The van der Waals surface area contributed by atoms with Crippen molar-refractivity contribution in [2.45, 2.75) is 38.0 Å². The minimum atomic E-state index is -3.65. The van der Waals surface area contributed by atoms with E-state index in [4.69, 9.17) is 9.26 Å². The summed E-state index contributed by atoms with van der Waals surface area (Å²) >= 11 is 0. The van der Waals surface area contributed by atoms with E-state index in [0.29, 0.717) is 12.4 Å². The first-order valence-electron chi connectivity index (χ1n) is 8.81. The molecule has 3 aromatic rings. The number of hydrogen-bond donors (Lipinski definition) is 2. The molecule has 0 aliphatic rings. The highest BCUT2D eigenvalue weighted by Gasteiger charge is 2.14. The first-order chi connectivity index (χ1) is 13.3. The molecule has 0 radical (unpaired) electrons. The molecule has 1 aromatic heterocycles. The number of aromatic amines is 1. The lowest BCUT2D eigenvalue weighted by molar-refractivity contribution is 0.0656. The molecule has 0 fully saturated rings. The van der Waals surface area contributed by atoms with E-state index in [2.05, 4.69) is 9.88 Å². The van der Waals surface area contributed by atoms with E-state index in [9.17, 15) is 13.2 Å². The van der Waals surface area contributed by atoms with Crippen LogP contribution in [0.5, 0.6) is 0 Å². The zero-order valence-corrected chi connectivity index (χ0v) is 16.5. The van der Waals surface area contributed by atoms with Crippen molar-refractivity contribution >= 4 is 10.0 Å². The van der Waals surface area contributed by atoms with E-state index < -0.39 is 10.0 Å². The number of H-pyrrole nitrogens is 1. The molecule has 0 aliphatic carbocycles. The summed E-state index contributed by atoms with van der Waals surface area (Å²) in [5.41, 5.74) is 1.99. The highest BCUT2D eigenvalue weighted by atomic mass is 32.2. The van der Waals surface area contributed by atoms with Crippen LogP contribution in [0, 0.1) is 0 Å².